The van der Waals surface area contributed by atoms with Gasteiger partial charge in [-0.2, -0.15) is 0 Å². The Labute approximate surface area is 174 Å². The van der Waals surface area contributed by atoms with Crippen molar-refractivity contribution in [1.82, 2.24) is 15.6 Å². The molecule has 2 fully saturated rings. The molecule has 154 valence electrons. The van der Waals surface area contributed by atoms with E-state index < -0.39 is 0 Å². The van der Waals surface area contributed by atoms with Crippen LogP contribution in [0.4, 0.5) is 9.93 Å². The lowest BCUT2D eigenvalue weighted by molar-refractivity contribution is -0.120. The molecule has 29 heavy (non-hydrogen) atoms. The van der Waals surface area contributed by atoms with Gasteiger partial charge in [-0.05, 0) is 43.4 Å². The monoisotopic (exact) mass is 414 g/mol. The maximum atomic E-state index is 12.3. The van der Waals surface area contributed by atoms with E-state index in [0.717, 1.165) is 24.2 Å². The Balaban J connectivity index is 1.27. The van der Waals surface area contributed by atoms with Crippen molar-refractivity contribution in [3.8, 4) is 5.75 Å². The highest BCUT2D eigenvalue weighted by atomic mass is 32.1. The van der Waals surface area contributed by atoms with Gasteiger partial charge in [0.1, 0.15) is 5.75 Å². The zero-order valence-electron chi connectivity index (χ0n) is 16.4. The standard InChI is InChI=1S/C21H26N4O3S/c26-19(12-16-14-29-21(24-16)25-10-9-22-20(25)27)23-13-15-5-4-8-18(11-15)28-17-6-2-1-3-7-17/h4-5,8,11,14,17H,1-3,6-7,9-10,12-13H2,(H,22,27)(H,23,26). The fourth-order valence-electron chi connectivity index (χ4n) is 3.69. The van der Waals surface area contributed by atoms with E-state index in [9.17, 15) is 9.59 Å². The lowest BCUT2D eigenvalue weighted by Gasteiger charge is -2.23. The lowest BCUT2D eigenvalue weighted by atomic mass is 9.98. The molecule has 0 radical (unpaired) electrons. The van der Waals surface area contributed by atoms with Crippen molar-refractivity contribution < 1.29 is 14.3 Å². The van der Waals surface area contributed by atoms with Crippen LogP contribution in [0, 0.1) is 0 Å². The summed E-state index contributed by atoms with van der Waals surface area (Å²) in [4.78, 5) is 30.0. The molecule has 0 bridgehead atoms. The number of hydrogen-bond donors (Lipinski definition) is 2. The molecular formula is C21H26N4O3S. The first kappa shape index (κ1) is 19.7. The quantitative estimate of drug-likeness (QED) is 0.729. The van der Waals surface area contributed by atoms with Gasteiger partial charge in [-0.25, -0.2) is 9.78 Å². The minimum atomic E-state index is -0.134. The maximum Gasteiger partial charge on any atom is 0.323 e. The number of hydrogen-bond acceptors (Lipinski definition) is 5. The molecule has 1 aromatic heterocycles. The van der Waals surface area contributed by atoms with Crippen LogP contribution in [0.1, 0.15) is 43.4 Å². The minimum absolute atomic E-state index is 0.0914. The number of nitrogens with zero attached hydrogens (tertiary/aromatic N) is 2. The van der Waals surface area contributed by atoms with Crippen molar-refractivity contribution in [2.75, 3.05) is 18.0 Å². The summed E-state index contributed by atoms with van der Waals surface area (Å²) in [5, 5.41) is 8.16. The summed E-state index contributed by atoms with van der Waals surface area (Å²) < 4.78 is 6.10. The van der Waals surface area contributed by atoms with Crippen molar-refractivity contribution in [2.24, 2.45) is 0 Å². The Morgan fingerprint density at radius 1 is 1.31 bits per heavy atom. The third-order valence-corrected chi connectivity index (χ3v) is 6.12. The van der Waals surface area contributed by atoms with E-state index in [1.54, 1.807) is 4.90 Å². The van der Waals surface area contributed by atoms with Gasteiger partial charge in [0, 0.05) is 25.0 Å². The number of amides is 3. The molecule has 0 atom stereocenters. The molecule has 0 spiro atoms. The lowest BCUT2D eigenvalue weighted by Crippen LogP contribution is -2.28. The minimum Gasteiger partial charge on any atom is -0.490 e. The smallest absolute Gasteiger partial charge is 0.323 e. The third kappa shape index (κ3) is 5.26. The zero-order chi connectivity index (χ0) is 20.1. The van der Waals surface area contributed by atoms with E-state index in [0.29, 0.717) is 36.6 Å². The number of carbonyl (C=O) groups is 2. The van der Waals surface area contributed by atoms with Crippen LogP contribution in [-0.2, 0) is 17.8 Å². The number of ether oxygens (including phenoxy) is 1. The van der Waals surface area contributed by atoms with Crippen LogP contribution in [-0.4, -0.2) is 36.1 Å². The molecule has 1 saturated carbocycles. The summed E-state index contributed by atoms with van der Waals surface area (Å²) in [6.45, 7) is 1.68. The molecule has 4 rings (SSSR count). The molecule has 2 N–H and O–H groups in total. The van der Waals surface area contributed by atoms with Crippen molar-refractivity contribution in [1.29, 1.82) is 0 Å². The molecule has 1 aliphatic heterocycles. The van der Waals surface area contributed by atoms with E-state index in [-0.39, 0.29) is 18.4 Å². The van der Waals surface area contributed by atoms with Crippen molar-refractivity contribution >= 4 is 28.4 Å². The molecule has 3 amide bonds. The molecule has 7 nitrogen and oxygen atoms in total. The largest absolute Gasteiger partial charge is 0.490 e. The van der Waals surface area contributed by atoms with E-state index in [1.807, 2.05) is 29.6 Å². The summed E-state index contributed by atoms with van der Waals surface area (Å²) in [5.41, 5.74) is 1.69. The van der Waals surface area contributed by atoms with Crippen LogP contribution in [0.5, 0.6) is 5.75 Å². The second-order valence-electron chi connectivity index (χ2n) is 7.48. The highest BCUT2D eigenvalue weighted by Gasteiger charge is 2.24. The molecule has 0 unspecified atom stereocenters. The molecule has 2 heterocycles. The third-order valence-electron chi connectivity index (χ3n) is 5.21. The van der Waals surface area contributed by atoms with Crippen molar-refractivity contribution in [3.05, 3.63) is 40.9 Å². The Hall–Kier alpha value is -2.61. The topological polar surface area (TPSA) is 83.6 Å². The zero-order valence-corrected chi connectivity index (χ0v) is 17.2. The van der Waals surface area contributed by atoms with Crippen molar-refractivity contribution in [2.45, 2.75) is 51.2 Å². The molecule has 1 aliphatic carbocycles. The van der Waals surface area contributed by atoms with E-state index in [1.165, 1.54) is 30.6 Å². The van der Waals surface area contributed by atoms with Crippen LogP contribution in [0.2, 0.25) is 0 Å². The second-order valence-corrected chi connectivity index (χ2v) is 8.32. The Morgan fingerprint density at radius 3 is 2.97 bits per heavy atom. The average Bonchev–Trinajstić information content (AvgIpc) is 3.36. The molecule has 2 aliphatic rings. The fraction of sp³-hybridized carbons (Fsp3) is 0.476. The van der Waals surface area contributed by atoms with Gasteiger partial charge in [-0.3, -0.25) is 9.69 Å². The maximum absolute atomic E-state index is 12.3. The number of carbonyl (C=O) groups excluding carboxylic acids is 2. The molecule has 1 saturated heterocycles. The number of aromatic nitrogens is 1. The molecule has 1 aromatic carbocycles. The Morgan fingerprint density at radius 2 is 2.17 bits per heavy atom. The van der Waals surface area contributed by atoms with Crippen LogP contribution >= 0.6 is 11.3 Å². The molecule has 2 aromatic rings. The SMILES string of the molecule is O=C(Cc1csc(N2CCNC2=O)n1)NCc1cccc(OC2CCCCC2)c1. The number of benzene rings is 1. The van der Waals surface area contributed by atoms with Gasteiger partial charge >= 0.3 is 6.03 Å². The van der Waals surface area contributed by atoms with E-state index in [4.69, 9.17) is 4.74 Å². The van der Waals surface area contributed by atoms with Crippen molar-refractivity contribution in [3.63, 3.8) is 0 Å². The number of thiazole rings is 1. The summed E-state index contributed by atoms with van der Waals surface area (Å²) >= 11 is 1.38. The van der Waals surface area contributed by atoms with Crippen LogP contribution < -0.4 is 20.3 Å². The summed E-state index contributed by atoms with van der Waals surface area (Å²) in [6.07, 6.45) is 6.53. The first-order valence-electron chi connectivity index (χ1n) is 10.2. The van der Waals surface area contributed by atoms with Crippen LogP contribution in [0.25, 0.3) is 0 Å². The predicted octanol–water partition coefficient (Wildman–Crippen LogP) is 3.24. The average molecular weight is 415 g/mol. The Bertz CT molecular complexity index is 863. The van der Waals surface area contributed by atoms with Crippen LogP contribution in [0.3, 0.4) is 0 Å². The van der Waals surface area contributed by atoms with Gasteiger partial charge in [0.15, 0.2) is 5.13 Å². The normalized spacial score (nSPS) is 17.2. The van der Waals surface area contributed by atoms with Gasteiger partial charge in [0.25, 0.3) is 0 Å². The summed E-state index contributed by atoms with van der Waals surface area (Å²) in [7, 11) is 0. The number of rotatable bonds is 7. The van der Waals surface area contributed by atoms with Gasteiger partial charge in [-0.15, -0.1) is 11.3 Å². The fourth-order valence-corrected chi connectivity index (χ4v) is 4.54. The second kappa shape index (κ2) is 9.26. The first-order chi connectivity index (χ1) is 14.2. The molecular weight excluding hydrogens is 388 g/mol. The van der Waals surface area contributed by atoms with Gasteiger partial charge in [-0.1, -0.05) is 18.6 Å². The highest BCUT2D eigenvalue weighted by Crippen LogP contribution is 2.24. The summed E-state index contributed by atoms with van der Waals surface area (Å²) in [6, 6.07) is 7.80. The van der Waals surface area contributed by atoms with Crippen LogP contribution in [0.15, 0.2) is 29.6 Å². The number of nitrogens with one attached hydrogen (secondary N) is 2. The number of anilines is 1. The highest BCUT2D eigenvalue weighted by molar-refractivity contribution is 7.14. The Kier molecular flexibility index (Phi) is 6.29. The predicted molar refractivity (Wildman–Crippen MR) is 112 cm³/mol. The first-order valence-corrected chi connectivity index (χ1v) is 11.1. The van der Waals surface area contributed by atoms with Gasteiger partial charge in [0.2, 0.25) is 5.91 Å². The molecule has 8 heteroatoms. The van der Waals surface area contributed by atoms with E-state index in [2.05, 4.69) is 15.6 Å². The van der Waals surface area contributed by atoms with Gasteiger partial charge in [0.05, 0.1) is 18.2 Å². The van der Waals surface area contributed by atoms with Gasteiger partial charge < -0.3 is 15.4 Å². The number of urea groups is 1. The van der Waals surface area contributed by atoms with E-state index >= 15 is 0 Å². The summed E-state index contributed by atoms with van der Waals surface area (Å²) in [5.74, 6) is 0.781.